The van der Waals surface area contributed by atoms with E-state index in [1.807, 2.05) is 0 Å². The van der Waals surface area contributed by atoms with Crippen LogP contribution in [0.3, 0.4) is 0 Å². The minimum Gasteiger partial charge on any atom is -0.428 e. The highest BCUT2D eigenvalue weighted by atomic mass is 16.7. The minimum atomic E-state index is -0.431. The van der Waals surface area contributed by atoms with Crippen LogP contribution in [-0.2, 0) is 19.1 Å². The Morgan fingerprint density at radius 1 is 0.600 bits per heavy atom. The van der Waals surface area contributed by atoms with Gasteiger partial charge in [0.1, 0.15) is 0 Å². The standard InChI is InChI=1S/C21H40O4/c1-3-4-5-6-7-8-9-10-11-12-13-14-15-16-17-18-21(23)25-19-24-20(2)22/h3-19H2,1-2H3. The average molecular weight is 357 g/mol. The van der Waals surface area contributed by atoms with Gasteiger partial charge < -0.3 is 9.47 Å². The quantitative estimate of drug-likeness (QED) is 0.164. The van der Waals surface area contributed by atoms with E-state index in [2.05, 4.69) is 11.7 Å². The molecule has 0 amide bonds. The van der Waals surface area contributed by atoms with E-state index in [-0.39, 0.29) is 12.8 Å². The zero-order valence-corrected chi connectivity index (χ0v) is 16.7. The smallest absolute Gasteiger partial charge is 0.308 e. The van der Waals surface area contributed by atoms with E-state index in [1.54, 1.807) is 0 Å². The molecule has 0 bridgehead atoms. The summed E-state index contributed by atoms with van der Waals surface area (Å²) in [4.78, 5) is 21.9. The normalized spacial score (nSPS) is 10.6. The molecule has 0 unspecified atom stereocenters. The van der Waals surface area contributed by atoms with E-state index in [0.29, 0.717) is 6.42 Å². The van der Waals surface area contributed by atoms with Crippen molar-refractivity contribution in [2.24, 2.45) is 0 Å². The number of esters is 2. The topological polar surface area (TPSA) is 52.6 Å². The largest absolute Gasteiger partial charge is 0.428 e. The van der Waals surface area contributed by atoms with E-state index in [1.165, 1.54) is 90.4 Å². The average Bonchev–Trinajstić information content (AvgIpc) is 2.58. The molecule has 25 heavy (non-hydrogen) atoms. The lowest BCUT2D eigenvalue weighted by molar-refractivity contribution is -0.165. The number of rotatable bonds is 18. The van der Waals surface area contributed by atoms with Gasteiger partial charge in [-0.25, -0.2) is 0 Å². The van der Waals surface area contributed by atoms with Gasteiger partial charge in [-0.15, -0.1) is 0 Å². The third kappa shape index (κ3) is 20.9. The molecule has 0 aliphatic carbocycles. The van der Waals surface area contributed by atoms with Crippen LogP contribution in [0.15, 0.2) is 0 Å². The van der Waals surface area contributed by atoms with E-state index >= 15 is 0 Å². The Hall–Kier alpha value is -1.06. The summed E-state index contributed by atoms with van der Waals surface area (Å²) in [5.74, 6) is -0.712. The van der Waals surface area contributed by atoms with E-state index in [0.717, 1.165) is 12.8 Å². The Balaban J connectivity index is 3.11. The summed E-state index contributed by atoms with van der Waals surface area (Å²) in [7, 11) is 0. The van der Waals surface area contributed by atoms with Crippen LogP contribution in [0.25, 0.3) is 0 Å². The van der Waals surface area contributed by atoms with Crippen LogP contribution in [0.1, 0.15) is 117 Å². The van der Waals surface area contributed by atoms with Crippen molar-refractivity contribution in [2.75, 3.05) is 6.79 Å². The maximum atomic E-state index is 11.3. The first-order valence-corrected chi connectivity index (χ1v) is 10.5. The molecule has 0 aromatic rings. The van der Waals surface area contributed by atoms with Crippen LogP contribution in [0.2, 0.25) is 0 Å². The van der Waals surface area contributed by atoms with Crippen LogP contribution in [0.5, 0.6) is 0 Å². The number of ether oxygens (including phenoxy) is 2. The SMILES string of the molecule is CCCCCCCCCCCCCCCCCC(=O)OCOC(C)=O. The molecule has 0 atom stereocenters. The Morgan fingerprint density at radius 3 is 1.40 bits per heavy atom. The Labute approximate surface area is 155 Å². The summed E-state index contributed by atoms with van der Waals surface area (Å²) in [5.41, 5.74) is 0. The molecule has 0 N–H and O–H groups in total. The molecule has 0 aliphatic rings. The third-order valence-electron chi connectivity index (χ3n) is 4.47. The van der Waals surface area contributed by atoms with Gasteiger partial charge >= 0.3 is 11.9 Å². The van der Waals surface area contributed by atoms with Gasteiger partial charge in [-0.2, -0.15) is 0 Å². The van der Waals surface area contributed by atoms with Gasteiger partial charge in [0.15, 0.2) is 0 Å². The number of hydrogen-bond acceptors (Lipinski definition) is 4. The molecular formula is C21H40O4. The first kappa shape index (κ1) is 23.9. The third-order valence-corrected chi connectivity index (χ3v) is 4.47. The Morgan fingerprint density at radius 2 is 1.00 bits per heavy atom. The van der Waals surface area contributed by atoms with Crippen molar-refractivity contribution >= 4 is 11.9 Å². The second-order valence-corrected chi connectivity index (χ2v) is 6.97. The minimum absolute atomic E-state index is 0.257. The lowest BCUT2D eigenvalue weighted by Crippen LogP contribution is -2.10. The van der Waals surface area contributed by atoms with Gasteiger partial charge in [-0.3, -0.25) is 9.59 Å². The molecule has 0 heterocycles. The first-order chi connectivity index (χ1) is 12.2. The Bertz CT molecular complexity index is 315. The molecule has 0 radical (unpaired) electrons. The van der Waals surface area contributed by atoms with Gasteiger partial charge in [0.2, 0.25) is 6.79 Å². The molecule has 0 saturated carbocycles. The highest BCUT2D eigenvalue weighted by Gasteiger charge is 2.03. The fraction of sp³-hybridized carbons (Fsp3) is 0.905. The monoisotopic (exact) mass is 356 g/mol. The number of carbonyl (C=O) groups excluding carboxylic acids is 2. The van der Waals surface area contributed by atoms with Crippen LogP contribution in [-0.4, -0.2) is 18.7 Å². The maximum absolute atomic E-state index is 11.3. The van der Waals surface area contributed by atoms with Crippen molar-refractivity contribution in [3.63, 3.8) is 0 Å². The highest BCUT2D eigenvalue weighted by molar-refractivity contribution is 5.69. The van der Waals surface area contributed by atoms with E-state index in [4.69, 9.17) is 4.74 Å². The van der Waals surface area contributed by atoms with Gasteiger partial charge in [-0.05, 0) is 6.42 Å². The number of carbonyl (C=O) groups is 2. The molecule has 148 valence electrons. The van der Waals surface area contributed by atoms with Gasteiger partial charge in [-0.1, -0.05) is 96.8 Å². The fourth-order valence-corrected chi connectivity index (χ4v) is 2.89. The van der Waals surface area contributed by atoms with Crippen LogP contribution >= 0.6 is 0 Å². The number of unbranched alkanes of at least 4 members (excludes halogenated alkanes) is 14. The number of hydrogen-bond donors (Lipinski definition) is 0. The van der Waals surface area contributed by atoms with Crippen molar-refractivity contribution < 1.29 is 19.1 Å². The zero-order valence-electron chi connectivity index (χ0n) is 16.7. The molecule has 0 aliphatic heterocycles. The van der Waals surface area contributed by atoms with Crippen molar-refractivity contribution in [1.82, 2.24) is 0 Å². The molecule has 0 spiro atoms. The van der Waals surface area contributed by atoms with E-state index in [9.17, 15) is 9.59 Å². The molecule has 0 fully saturated rings. The molecule has 0 aromatic carbocycles. The lowest BCUT2D eigenvalue weighted by Gasteiger charge is -2.05. The summed E-state index contributed by atoms with van der Waals surface area (Å²) in [5, 5.41) is 0. The highest BCUT2D eigenvalue weighted by Crippen LogP contribution is 2.13. The van der Waals surface area contributed by atoms with Crippen LogP contribution in [0.4, 0.5) is 0 Å². The summed E-state index contributed by atoms with van der Waals surface area (Å²) < 4.78 is 9.35. The summed E-state index contributed by atoms with van der Waals surface area (Å²) in [6.07, 6.45) is 20.0. The van der Waals surface area contributed by atoms with Crippen LogP contribution < -0.4 is 0 Å². The summed E-state index contributed by atoms with van der Waals surface area (Å²) in [6.45, 7) is 3.30. The molecule has 0 saturated heterocycles. The van der Waals surface area contributed by atoms with Crippen molar-refractivity contribution in [3.8, 4) is 0 Å². The van der Waals surface area contributed by atoms with Crippen molar-refractivity contribution in [2.45, 2.75) is 117 Å². The van der Waals surface area contributed by atoms with Crippen molar-refractivity contribution in [3.05, 3.63) is 0 Å². The summed E-state index contributed by atoms with van der Waals surface area (Å²) in [6, 6.07) is 0. The van der Waals surface area contributed by atoms with E-state index < -0.39 is 5.97 Å². The molecule has 4 nitrogen and oxygen atoms in total. The lowest BCUT2D eigenvalue weighted by atomic mass is 10.0. The predicted octanol–water partition coefficient (Wildman–Crippen LogP) is 6.31. The zero-order chi connectivity index (χ0) is 18.6. The fourth-order valence-electron chi connectivity index (χ4n) is 2.89. The van der Waals surface area contributed by atoms with Gasteiger partial charge in [0.05, 0.1) is 0 Å². The van der Waals surface area contributed by atoms with Crippen molar-refractivity contribution in [1.29, 1.82) is 0 Å². The van der Waals surface area contributed by atoms with Gasteiger partial charge in [0, 0.05) is 13.3 Å². The second kappa shape index (κ2) is 19.3. The van der Waals surface area contributed by atoms with Crippen LogP contribution in [0, 0.1) is 0 Å². The molecule has 0 rings (SSSR count). The molecule has 0 aromatic heterocycles. The molecular weight excluding hydrogens is 316 g/mol. The molecule has 4 heteroatoms. The first-order valence-electron chi connectivity index (χ1n) is 10.5. The second-order valence-electron chi connectivity index (χ2n) is 6.97. The Kier molecular flexibility index (Phi) is 18.5. The summed E-state index contributed by atoms with van der Waals surface area (Å²) >= 11 is 0. The van der Waals surface area contributed by atoms with Gasteiger partial charge in [0.25, 0.3) is 0 Å². The maximum Gasteiger partial charge on any atom is 0.308 e. The predicted molar refractivity (Wildman–Crippen MR) is 102 cm³/mol.